The van der Waals surface area contributed by atoms with E-state index < -0.39 is 23.3 Å². The summed E-state index contributed by atoms with van der Waals surface area (Å²) in [6.07, 6.45) is 0. The zero-order valence-corrected chi connectivity index (χ0v) is 11.1. The van der Waals surface area contributed by atoms with Gasteiger partial charge in [0.15, 0.2) is 0 Å². The molecule has 4 heteroatoms. The second-order valence-electron chi connectivity index (χ2n) is 4.60. The minimum absolute atomic E-state index is 0.0377. The van der Waals surface area contributed by atoms with Crippen LogP contribution in [0.1, 0.15) is 0 Å². The Kier molecular flexibility index (Phi) is 3.67. The van der Waals surface area contributed by atoms with E-state index in [1.807, 2.05) is 0 Å². The lowest BCUT2D eigenvalue weighted by Gasteiger charge is -2.08. The highest BCUT2D eigenvalue weighted by Gasteiger charge is 2.15. The van der Waals surface area contributed by atoms with Crippen molar-refractivity contribution in [1.82, 2.24) is 0 Å². The van der Waals surface area contributed by atoms with E-state index in [1.54, 1.807) is 0 Å². The molecule has 0 bridgehead atoms. The second-order valence-corrected chi connectivity index (χ2v) is 4.60. The molecule has 0 nitrogen and oxygen atoms in total. The van der Waals surface area contributed by atoms with Gasteiger partial charge in [0.2, 0.25) is 0 Å². The van der Waals surface area contributed by atoms with Gasteiger partial charge in [0, 0.05) is 0 Å². The van der Waals surface area contributed by atoms with Gasteiger partial charge >= 0.3 is 0 Å². The molecule has 3 rings (SSSR count). The van der Waals surface area contributed by atoms with Crippen LogP contribution in [0.4, 0.5) is 17.6 Å². The molecule has 108 valence electrons. The highest BCUT2D eigenvalue weighted by Crippen LogP contribution is 2.31. The van der Waals surface area contributed by atoms with Crippen LogP contribution < -0.4 is 0 Å². The summed E-state index contributed by atoms with van der Waals surface area (Å²) in [5.74, 6) is -3.13. The molecule has 3 aromatic carbocycles. The molecule has 0 saturated heterocycles. The lowest BCUT2D eigenvalue weighted by molar-refractivity contribution is 0.589. The van der Waals surface area contributed by atoms with Crippen molar-refractivity contribution in [2.45, 2.75) is 0 Å². The lowest BCUT2D eigenvalue weighted by atomic mass is 9.98. The van der Waals surface area contributed by atoms with E-state index in [-0.39, 0.29) is 22.3 Å². The molecular weight excluding hydrogens is 292 g/mol. The molecule has 0 aliphatic carbocycles. The van der Waals surface area contributed by atoms with Crippen molar-refractivity contribution in [2.75, 3.05) is 0 Å². The van der Waals surface area contributed by atoms with Crippen LogP contribution in [-0.2, 0) is 0 Å². The fourth-order valence-electron chi connectivity index (χ4n) is 2.21. The highest BCUT2D eigenvalue weighted by atomic mass is 19.1. The summed E-state index contributed by atoms with van der Waals surface area (Å²) in [6.45, 7) is 0. The number of rotatable bonds is 2. The molecule has 0 aromatic heterocycles. The first-order chi connectivity index (χ1) is 10.6. The average molecular weight is 300 g/mol. The highest BCUT2D eigenvalue weighted by molar-refractivity contribution is 5.73. The molecular formula is C18H8F4. The van der Waals surface area contributed by atoms with Gasteiger partial charge in [-0.1, -0.05) is 12.1 Å². The van der Waals surface area contributed by atoms with E-state index in [9.17, 15) is 17.6 Å². The third-order valence-electron chi connectivity index (χ3n) is 3.19. The van der Waals surface area contributed by atoms with Crippen LogP contribution in [0.25, 0.3) is 22.3 Å². The average Bonchev–Trinajstić information content (AvgIpc) is 2.47. The zero-order chi connectivity index (χ0) is 15.7. The Morgan fingerprint density at radius 2 is 0.955 bits per heavy atom. The Hall–Kier alpha value is -2.62. The van der Waals surface area contributed by atoms with Gasteiger partial charge in [-0.2, -0.15) is 0 Å². The molecule has 0 spiro atoms. The Labute approximate surface area is 124 Å². The molecule has 0 fully saturated rings. The number of hydrogen-bond donors (Lipinski definition) is 0. The van der Waals surface area contributed by atoms with Crippen LogP contribution in [0.15, 0.2) is 48.5 Å². The maximum Gasteiger partial charge on any atom is 0.133 e. The van der Waals surface area contributed by atoms with Crippen LogP contribution in [-0.4, -0.2) is 0 Å². The fourth-order valence-corrected chi connectivity index (χ4v) is 2.21. The van der Waals surface area contributed by atoms with Gasteiger partial charge in [-0.25, -0.2) is 17.6 Å². The first-order valence-electron chi connectivity index (χ1n) is 6.40. The van der Waals surface area contributed by atoms with Crippen molar-refractivity contribution in [2.24, 2.45) is 0 Å². The van der Waals surface area contributed by atoms with Crippen LogP contribution in [0.3, 0.4) is 0 Å². The maximum atomic E-state index is 13.8. The normalized spacial score (nSPS) is 10.7. The molecule has 0 saturated carbocycles. The topological polar surface area (TPSA) is 0 Å². The van der Waals surface area contributed by atoms with E-state index >= 15 is 0 Å². The second kappa shape index (κ2) is 5.64. The van der Waals surface area contributed by atoms with Crippen LogP contribution in [0.2, 0.25) is 0 Å². The molecule has 0 aliphatic rings. The van der Waals surface area contributed by atoms with E-state index in [2.05, 4.69) is 12.1 Å². The zero-order valence-electron chi connectivity index (χ0n) is 11.1. The molecule has 0 heterocycles. The van der Waals surface area contributed by atoms with Crippen molar-refractivity contribution in [3.05, 3.63) is 83.9 Å². The van der Waals surface area contributed by atoms with Gasteiger partial charge in [-0.15, -0.1) is 0 Å². The smallest absolute Gasteiger partial charge is 0.133 e. The minimum Gasteiger partial charge on any atom is -0.206 e. The summed E-state index contributed by atoms with van der Waals surface area (Å²) < 4.78 is 55.2. The summed E-state index contributed by atoms with van der Waals surface area (Å²) in [6, 6.07) is 14.8. The standard InChI is InChI=1S/C18H8F4/c19-13-6-2-7-14(20)17(13)11-4-1-5-12(10-11)18-15(21)8-3-9-16(18)22/h2-9H. The summed E-state index contributed by atoms with van der Waals surface area (Å²) in [5, 5.41) is 0. The monoisotopic (exact) mass is 300 g/mol. The molecule has 3 aromatic rings. The SMILES string of the molecule is Fc1cccc(F)c1-c1[c]c(-c2c(F)cccc2F)c[c]c1. The van der Waals surface area contributed by atoms with Crippen LogP contribution in [0.5, 0.6) is 0 Å². The Morgan fingerprint density at radius 1 is 0.591 bits per heavy atom. The van der Waals surface area contributed by atoms with Crippen molar-refractivity contribution < 1.29 is 17.6 Å². The lowest BCUT2D eigenvalue weighted by Crippen LogP contribution is -1.93. The van der Waals surface area contributed by atoms with Gasteiger partial charge in [0.05, 0.1) is 11.1 Å². The van der Waals surface area contributed by atoms with Gasteiger partial charge in [0.1, 0.15) is 23.3 Å². The summed E-state index contributed by atoms with van der Waals surface area (Å²) in [4.78, 5) is 0. The number of benzene rings is 3. The predicted octanol–water partition coefficient (Wildman–Crippen LogP) is 5.18. The molecule has 0 amide bonds. The largest absolute Gasteiger partial charge is 0.206 e. The third-order valence-corrected chi connectivity index (χ3v) is 3.19. The Balaban J connectivity index is 2.19. The van der Waals surface area contributed by atoms with Crippen LogP contribution in [0, 0.1) is 35.4 Å². The summed E-state index contributed by atoms with van der Waals surface area (Å²) in [7, 11) is 0. The van der Waals surface area contributed by atoms with Crippen molar-refractivity contribution in [1.29, 1.82) is 0 Å². The van der Waals surface area contributed by atoms with E-state index in [0.717, 1.165) is 24.3 Å². The summed E-state index contributed by atoms with van der Waals surface area (Å²) in [5.41, 5.74) is -0.541. The van der Waals surface area contributed by atoms with E-state index in [4.69, 9.17) is 0 Å². The molecule has 22 heavy (non-hydrogen) atoms. The first kappa shape index (κ1) is 14.3. The maximum absolute atomic E-state index is 13.8. The van der Waals surface area contributed by atoms with Crippen molar-refractivity contribution in [3.8, 4) is 22.3 Å². The first-order valence-corrected chi connectivity index (χ1v) is 6.40. The third kappa shape index (κ3) is 2.48. The van der Waals surface area contributed by atoms with Gasteiger partial charge in [0.25, 0.3) is 0 Å². The van der Waals surface area contributed by atoms with Gasteiger partial charge < -0.3 is 0 Å². The Morgan fingerprint density at radius 3 is 1.32 bits per heavy atom. The predicted molar refractivity (Wildman–Crippen MR) is 74.8 cm³/mol. The quantitative estimate of drug-likeness (QED) is 0.572. The number of hydrogen-bond acceptors (Lipinski definition) is 0. The van der Waals surface area contributed by atoms with Gasteiger partial charge in [-0.05, 0) is 59.7 Å². The molecule has 0 aliphatic heterocycles. The fraction of sp³-hybridized carbons (Fsp3) is 0. The molecule has 0 atom stereocenters. The van der Waals surface area contributed by atoms with Crippen LogP contribution >= 0.6 is 0 Å². The Bertz CT molecular complexity index is 733. The molecule has 2 radical (unpaired) electrons. The van der Waals surface area contributed by atoms with Crippen molar-refractivity contribution >= 4 is 0 Å². The molecule has 0 N–H and O–H groups in total. The van der Waals surface area contributed by atoms with E-state index in [0.29, 0.717) is 0 Å². The molecule has 0 unspecified atom stereocenters. The minimum atomic E-state index is -0.782. The number of halogens is 4. The van der Waals surface area contributed by atoms with Gasteiger partial charge in [-0.3, -0.25) is 0 Å². The van der Waals surface area contributed by atoms with E-state index in [1.165, 1.54) is 24.3 Å². The van der Waals surface area contributed by atoms with Crippen molar-refractivity contribution in [3.63, 3.8) is 0 Å². The summed E-state index contributed by atoms with van der Waals surface area (Å²) >= 11 is 0.